The van der Waals surface area contributed by atoms with E-state index < -0.39 is 15.8 Å². The highest BCUT2D eigenvalue weighted by atomic mass is 32.2. The van der Waals surface area contributed by atoms with Gasteiger partial charge in [-0.1, -0.05) is 0 Å². The molecule has 6 rings (SSSR count). The number of hydrogen-bond acceptors (Lipinski definition) is 6. The summed E-state index contributed by atoms with van der Waals surface area (Å²) in [5.41, 5.74) is 2.11. The summed E-state index contributed by atoms with van der Waals surface area (Å²) in [5.74, 6) is 0.427. The molecule has 3 aromatic rings. The Kier molecular flexibility index (Phi) is 4.66. The molecule has 3 aliphatic rings. The number of sulfonamides is 1. The van der Waals surface area contributed by atoms with Gasteiger partial charge in [0.2, 0.25) is 10.0 Å². The molecule has 9 nitrogen and oxygen atoms in total. The van der Waals surface area contributed by atoms with Gasteiger partial charge in [-0.05, 0) is 56.2 Å². The summed E-state index contributed by atoms with van der Waals surface area (Å²) in [5, 5.41) is 14.6. The van der Waals surface area contributed by atoms with Crippen LogP contribution < -0.4 is 15.6 Å². The highest BCUT2D eigenvalue weighted by Gasteiger charge is 2.33. The van der Waals surface area contributed by atoms with Gasteiger partial charge in [0.15, 0.2) is 11.6 Å². The van der Waals surface area contributed by atoms with Crippen molar-refractivity contribution in [2.24, 2.45) is 0 Å². The van der Waals surface area contributed by atoms with Gasteiger partial charge in [-0.3, -0.25) is 9.89 Å². The van der Waals surface area contributed by atoms with Crippen LogP contribution in [0.25, 0.3) is 0 Å². The number of benzene rings is 1. The summed E-state index contributed by atoms with van der Waals surface area (Å²) in [4.78, 5) is 12.8. The molecule has 0 amide bonds. The number of anilines is 2. The number of aromatic amines is 1. The number of hydrogen-bond donors (Lipinski definition) is 3. The van der Waals surface area contributed by atoms with Crippen molar-refractivity contribution in [1.29, 1.82) is 0 Å². The summed E-state index contributed by atoms with van der Waals surface area (Å²) in [6, 6.07) is 6.53. The molecular formula is C22H23FN6O3S. The second kappa shape index (κ2) is 7.49. The lowest BCUT2D eigenvalue weighted by Gasteiger charge is -2.13. The fourth-order valence-electron chi connectivity index (χ4n) is 4.98. The average molecular weight is 471 g/mol. The van der Waals surface area contributed by atoms with E-state index in [1.165, 1.54) is 12.1 Å². The van der Waals surface area contributed by atoms with Gasteiger partial charge in [0.1, 0.15) is 0 Å². The maximum atomic E-state index is 14.8. The van der Waals surface area contributed by atoms with Crippen LogP contribution in [0, 0.1) is 5.82 Å². The van der Waals surface area contributed by atoms with Crippen LogP contribution in [0.5, 0.6) is 0 Å². The molecule has 0 radical (unpaired) electrons. The number of H-pyrrole nitrogens is 1. The van der Waals surface area contributed by atoms with E-state index in [4.69, 9.17) is 0 Å². The zero-order valence-electron chi connectivity index (χ0n) is 17.7. The average Bonchev–Trinajstić information content (AvgIpc) is 3.18. The fraction of sp³-hybridized carbons (Fsp3) is 0.409. The van der Waals surface area contributed by atoms with Crippen LogP contribution in [0.15, 0.2) is 40.2 Å². The molecule has 1 aromatic carbocycles. The van der Waals surface area contributed by atoms with Crippen molar-refractivity contribution in [1.82, 2.24) is 24.7 Å². The summed E-state index contributed by atoms with van der Waals surface area (Å²) in [6.45, 7) is -0.0658. The summed E-state index contributed by atoms with van der Waals surface area (Å²) < 4.78 is 42.6. The van der Waals surface area contributed by atoms with Gasteiger partial charge >= 0.3 is 0 Å². The molecule has 33 heavy (non-hydrogen) atoms. The van der Waals surface area contributed by atoms with Crippen LogP contribution in [0.4, 0.5) is 15.9 Å². The first kappa shape index (κ1) is 20.5. The normalized spacial score (nSPS) is 23.5. The van der Waals surface area contributed by atoms with E-state index in [0.717, 1.165) is 43.4 Å². The van der Waals surface area contributed by atoms with Crippen LogP contribution in [-0.4, -0.2) is 28.4 Å². The van der Waals surface area contributed by atoms with E-state index in [1.54, 1.807) is 10.9 Å². The van der Waals surface area contributed by atoms with Crippen LogP contribution >= 0.6 is 0 Å². The van der Waals surface area contributed by atoms with Gasteiger partial charge in [-0.15, -0.1) is 0 Å². The first-order valence-electron chi connectivity index (χ1n) is 11.1. The Hall–Kier alpha value is -3.05. The molecule has 0 bridgehead atoms. The van der Waals surface area contributed by atoms with Crippen molar-refractivity contribution in [2.75, 3.05) is 5.32 Å². The topological polar surface area (TPSA) is 122 Å². The Morgan fingerprint density at radius 2 is 1.94 bits per heavy atom. The second-order valence-corrected chi connectivity index (χ2v) is 10.8. The first-order chi connectivity index (χ1) is 15.9. The van der Waals surface area contributed by atoms with E-state index >= 15 is 0 Å². The minimum atomic E-state index is -3.63. The highest BCUT2D eigenvalue weighted by Crippen LogP contribution is 2.41. The van der Waals surface area contributed by atoms with Crippen molar-refractivity contribution in [3.8, 4) is 0 Å². The van der Waals surface area contributed by atoms with E-state index in [2.05, 4.69) is 25.3 Å². The van der Waals surface area contributed by atoms with Crippen molar-refractivity contribution in [2.45, 2.75) is 61.4 Å². The van der Waals surface area contributed by atoms with Crippen molar-refractivity contribution in [3.63, 3.8) is 0 Å². The number of nitrogens with zero attached hydrogens (tertiary/aromatic N) is 3. The molecule has 2 aliphatic carbocycles. The maximum absolute atomic E-state index is 14.8. The zero-order valence-corrected chi connectivity index (χ0v) is 18.5. The Balaban J connectivity index is 1.18. The van der Waals surface area contributed by atoms with Gasteiger partial charge < -0.3 is 5.32 Å². The lowest BCUT2D eigenvalue weighted by molar-refractivity contribution is 0.434. The third kappa shape index (κ3) is 3.55. The van der Waals surface area contributed by atoms with Crippen molar-refractivity contribution >= 4 is 21.5 Å². The molecule has 0 spiro atoms. The minimum Gasteiger partial charge on any atom is -0.336 e. The minimum absolute atomic E-state index is 0.0279. The SMILES string of the molecule is O=c1c(C2CC2)ccnn1[C@H]1CC[C@@H](c2cc(Nc3ccc4c(c3F)CNS4(=O)=O)n[nH]2)C1. The third-order valence-electron chi connectivity index (χ3n) is 6.90. The van der Waals surface area contributed by atoms with E-state index in [1.807, 2.05) is 12.1 Å². The lowest BCUT2D eigenvalue weighted by Crippen LogP contribution is -2.28. The molecule has 3 heterocycles. The number of rotatable bonds is 5. The molecule has 0 unspecified atom stereocenters. The van der Waals surface area contributed by atoms with Gasteiger partial charge in [0.05, 0.1) is 16.6 Å². The predicted octanol–water partition coefficient (Wildman–Crippen LogP) is 3.03. The number of fused-ring (bicyclic) bond motifs is 1. The highest BCUT2D eigenvalue weighted by molar-refractivity contribution is 7.89. The van der Waals surface area contributed by atoms with Gasteiger partial charge in [-0.2, -0.15) is 10.2 Å². The molecule has 0 saturated heterocycles. The van der Waals surface area contributed by atoms with Gasteiger partial charge in [0, 0.05) is 41.5 Å². The Morgan fingerprint density at radius 1 is 1.12 bits per heavy atom. The second-order valence-electron chi connectivity index (χ2n) is 9.04. The Morgan fingerprint density at radius 3 is 2.76 bits per heavy atom. The number of halogens is 1. The predicted molar refractivity (Wildman–Crippen MR) is 118 cm³/mol. The molecule has 11 heteroatoms. The summed E-state index contributed by atoms with van der Waals surface area (Å²) >= 11 is 0. The fourth-order valence-corrected chi connectivity index (χ4v) is 6.20. The standard InChI is InChI=1S/C22H23FN6O3S/c23-21-16-11-25-33(31,32)19(16)6-5-17(21)26-20-10-18(27-28-20)13-3-4-14(9-13)29-22(30)15(7-8-24-29)12-1-2-12/h5-8,10,12-14,25H,1-4,9,11H2,(H2,26,27,28)/t13-,14+/m1/s1. The van der Waals surface area contributed by atoms with Crippen molar-refractivity contribution < 1.29 is 12.8 Å². The molecule has 2 fully saturated rings. The largest absolute Gasteiger partial charge is 0.336 e. The maximum Gasteiger partial charge on any atom is 0.270 e. The zero-order chi connectivity index (χ0) is 22.7. The van der Waals surface area contributed by atoms with Crippen LogP contribution in [0.2, 0.25) is 0 Å². The van der Waals surface area contributed by atoms with Gasteiger partial charge in [0.25, 0.3) is 5.56 Å². The molecule has 172 valence electrons. The van der Waals surface area contributed by atoms with E-state index in [-0.39, 0.29) is 40.2 Å². The number of nitrogens with one attached hydrogen (secondary N) is 3. The lowest BCUT2D eigenvalue weighted by atomic mass is 10.0. The van der Waals surface area contributed by atoms with E-state index in [0.29, 0.717) is 11.7 Å². The number of aromatic nitrogens is 4. The van der Waals surface area contributed by atoms with Crippen LogP contribution in [0.3, 0.4) is 0 Å². The molecule has 2 aromatic heterocycles. The first-order valence-corrected chi connectivity index (χ1v) is 12.6. The quantitative estimate of drug-likeness (QED) is 0.527. The molecule has 2 atom stereocenters. The van der Waals surface area contributed by atoms with Crippen LogP contribution in [-0.2, 0) is 16.6 Å². The van der Waals surface area contributed by atoms with E-state index in [9.17, 15) is 17.6 Å². The van der Waals surface area contributed by atoms with Crippen LogP contribution in [0.1, 0.15) is 66.8 Å². The Bertz CT molecular complexity index is 1410. The molecular weight excluding hydrogens is 447 g/mol. The van der Waals surface area contributed by atoms with Crippen molar-refractivity contribution in [3.05, 3.63) is 63.5 Å². The molecule has 3 N–H and O–H groups in total. The molecule has 1 aliphatic heterocycles. The van der Waals surface area contributed by atoms with Gasteiger partial charge in [-0.25, -0.2) is 22.2 Å². The Labute approximate surface area is 189 Å². The molecule has 2 saturated carbocycles. The summed E-state index contributed by atoms with van der Waals surface area (Å²) in [6.07, 6.45) is 6.41. The smallest absolute Gasteiger partial charge is 0.270 e. The monoisotopic (exact) mass is 470 g/mol. The third-order valence-corrected chi connectivity index (χ3v) is 8.38. The summed E-state index contributed by atoms with van der Waals surface area (Å²) in [7, 11) is -3.63.